The lowest BCUT2D eigenvalue weighted by molar-refractivity contribution is -0.941. The molecule has 0 aliphatic carbocycles. The summed E-state index contributed by atoms with van der Waals surface area (Å²) < 4.78 is 2.09. The molecular weight excluding hydrogens is 731 g/mol. The van der Waals surface area contributed by atoms with E-state index in [0.29, 0.717) is 34.3 Å². The normalized spacial score (nSPS) is 25.7. The molecule has 19 heteroatoms. The predicted molar refractivity (Wildman–Crippen MR) is 192 cm³/mol. The molecular formula is C34H38N7O10S2+. The number of thiazole rings is 1. The van der Waals surface area contributed by atoms with E-state index in [1.165, 1.54) is 58.9 Å². The van der Waals surface area contributed by atoms with Crippen LogP contribution in [0.25, 0.3) is 10.8 Å². The molecule has 5 aliphatic rings. The number of Topliss-reactive ketones (excluding diaryl/α,β-unsaturated/α-hetero) is 1. The Kier molecular flexibility index (Phi) is 9.01. The molecule has 4 saturated heterocycles. The van der Waals surface area contributed by atoms with Crippen molar-refractivity contribution in [1.29, 1.82) is 0 Å². The van der Waals surface area contributed by atoms with Gasteiger partial charge < -0.3 is 35.5 Å². The van der Waals surface area contributed by atoms with Crippen LogP contribution in [0.4, 0.5) is 5.13 Å². The highest BCUT2D eigenvalue weighted by atomic mass is 32.2. The Labute approximate surface area is 309 Å². The highest BCUT2D eigenvalue weighted by molar-refractivity contribution is 8.00. The summed E-state index contributed by atoms with van der Waals surface area (Å²) >= 11 is 2.45. The second-order valence-electron chi connectivity index (χ2n) is 14.8. The number of thioether (sulfide) groups is 1. The minimum Gasteiger partial charge on any atom is -0.504 e. The summed E-state index contributed by atoms with van der Waals surface area (Å²) in [6.45, 7) is 5.67. The number of aliphatic carboxylic acids is 2. The number of benzene rings is 1. The number of nitrogens with two attached hydrogens (primary N) is 1. The fourth-order valence-corrected chi connectivity index (χ4v) is 9.67. The highest BCUT2D eigenvalue weighted by Crippen LogP contribution is 2.49. The highest BCUT2D eigenvalue weighted by Gasteiger charge is 2.56. The van der Waals surface area contributed by atoms with Gasteiger partial charge >= 0.3 is 11.9 Å². The number of nitrogen functional groups attached to an aromatic ring is 1. The molecule has 8 rings (SSSR count). The number of carbonyl (C=O) groups is 4. The van der Waals surface area contributed by atoms with E-state index in [9.17, 15) is 44.4 Å². The monoisotopic (exact) mass is 768 g/mol. The van der Waals surface area contributed by atoms with Crippen LogP contribution in [0.5, 0.6) is 11.5 Å². The number of quaternary nitrogens is 1. The maximum absolute atomic E-state index is 13.6. The van der Waals surface area contributed by atoms with Gasteiger partial charge in [-0.05, 0) is 26.0 Å². The van der Waals surface area contributed by atoms with Crippen molar-refractivity contribution in [1.82, 2.24) is 19.7 Å². The maximum Gasteiger partial charge on any atom is 0.352 e. The number of fused-ring (bicyclic) bond motifs is 5. The molecule has 1 aromatic carbocycles. The van der Waals surface area contributed by atoms with E-state index in [2.05, 4.69) is 15.2 Å². The zero-order valence-electron chi connectivity index (χ0n) is 28.9. The molecule has 280 valence electrons. The summed E-state index contributed by atoms with van der Waals surface area (Å²) in [5.41, 5.74) is 3.89. The van der Waals surface area contributed by atoms with E-state index in [4.69, 9.17) is 10.6 Å². The number of rotatable bonds is 12. The van der Waals surface area contributed by atoms with E-state index >= 15 is 0 Å². The standard InChI is InChI=1S/C34H37N7O10S2/c1-33(2,31(49)50)51-38-25(21-15-53-32(35)37-21)24(44)11-20-28(46)40-26(30(47)48)18(14-52-29(20)40)13-41-6-3-34(4-7-41,5-8-41)16-39-27(45)19-10-23(43)22(42)9-17(19)12-36-39/h9-10,12,15,20,29H,3-8,11,13-14,16H2,1-2H3,(H5-,35,36,37,38,42,43,44,45,47,48,49,50)/p+1/t20-,29-,34?,41?/m1/s1. The molecule has 4 fully saturated rings. The molecule has 2 atom stereocenters. The fourth-order valence-electron chi connectivity index (χ4n) is 7.72. The third-order valence-corrected chi connectivity index (χ3v) is 13.1. The Balaban J connectivity index is 1.04. The lowest BCUT2D eigenvalue weighted by Crippen LogP contribution is -2.65. The molecule has 5 aliphatic heterocycles. The summed E-state index contributed by atoms with van der Waals surface area (Å²) in [4.78, 5) is 75.2. The van der Waals surface area contributed by atoms with Crippen LogP contribution >= 0.6 is 23.1 Å². The molecule has 2 bridgehead atoms. The van der Waals surface area contributed by atoms with Gasteiger partial charge in [-0.15, -0.1) is 23.1 Å². The Hall–Kier alpha value is -5.01. The van der Waals surface area contributed by atoms with Crippen LogP contribution in [-0.2, 0) is 30.6 Å². The third kappa shape index (κ3) is 6.50. The molecule has 0 spiro atoms. The summed E-state index contributed by atoms with van der Waals surface area (Å²) in [6.07, 6.45) is 3.56. The van der Waals surface area contributed by atoms with Gasteiger partial charge in [-0.1, -0.05) is 5.16 Å². The molecule has 0 unspecified atom stereocenters. The molecule has 6 N–H and O–H groups in total. The summed E-state index contributed by atoms with van der Waals surface area (Å²) in [5.74, 6) is -4.81. The van der Waals surface area contributed by atoms with Crippen molar-refractivity contribution in [2.75, 3.05) is 37.7 Å². The molecule has 7 heterocycles. The van der Waals surface area contributed by atoms with Crippen LogP contribution in [0.3, 0.4) is 0 Å². The number of hydrogen-bond acceptors (Lipinski definition) is 14. The van der Waals surface area contributed by atoms with Gasteiger partial charge in [-0.3, -0.25) is 19.3 Å². The number of carboxylic acid groups (broad SMARTS) is 2. The van der Waals surface area contributed by atoms with Crippen molar-refractivity contribution in [3.8, 4) is 11.5 Å². The lowest BCUT2D eigenvalue weighted by Gasteiger charge is -2.56. The Bertz CT molecular complexity index is 2170. The van der Waals surface area contributed by atoms with Gasteiger partial charge in [0.1, 0.15) is 17.9 Å². The van der Waals surface area contributed by atoms with E-state index in [-0.39, 0.29) is 56.5 Å². The number of phenolic OH excluding ortho intramolecular Hbond substituents is 2. The number of hydrogen-bond donors (Lipinski definition) is 5. The van der Waals surface area contributed by atoms with Gasteiger partial charge in [0.05, 0.1) is 49.1 Å². The molecule has 3 aromatic rings. The SMILES string of the molecule is CC(C)(O/N=C(\C(=O)C[C@@H]1C(=O)N2C(C(=O)O)=C(C[N+]34CCC(Cn5ncc6cc(O)c(O)cc6c5=O)(CC3)CC4)CS[C@H]12)c1csc(N)n1)C(=O)O. The van der Waals surface area contributed by atoms with E-state index in [1.807, 2.05) is 0 Å². The first-order valence-electron chi connectivity index (χ1n) is 16.9. The van der Waals surface area contributed by atoms with Crippen molar-refractivity contribution in [2.45, 2.75) is 57.1 Å². The minimum atomic E-state index is -1.75. The van der Waals surface area contributed by atoms with Gasteiger partial charge in [-0.25, -0.2) is 19.3 Å². The molecule has 1 amide bonds. The number of oxime groups is 1. The van der Waals surface area contributed by atoms with E-state index in [1.54, 1.807) is 0 Å². The zero-order valence-corrected chi connectivity index (χ0v) is 30.5. The number of carbonyl (C=O) groups excluding carboxylic acids is 2. The van der Waals surface area contributed by atoms with Crippen LogP contribution in [0.15, 0.2) is 44.9 Å². The number of phenols is 2. The number of amides is 1. The maximum atomic E-state index is 13.6. The molecule has 0 radical (unpaired) electrons. The second kappa shape index (κ2) is 13.1. The smallest absolute Gasteiger partial charge is 0.352 e. The number of β-lactam (4-membered cyclic amide) rings is 1. The first-order chi connectivity index (χ1) is 25.0. The van der Waals surface area contributed by atoms with Gasteiger partial charge in [-0.2, -0.15) is 5.10 Å². The summed E-state index contributed by atoms with van der Waals surface area (Å²) in [5, 5.41) is 49.5. The first kappa shape index (κ1) is 36.4. The lowest BCUT2D eigenvalue weighted by atomic mass is 9.70. The van der Waals surface area contributed by atoms with Crippen LogP contribution in [0, 0.1) is 11.3 Å². The van der Waals surface area contributed by atoms with Crippen LogP contribution in [0.2, 0.25) is 0 Å². The van der Waals surface area contributed by atoms with Crippen LogP contribution < -0.4 is 11.3 Å². The van der Waals surface area contributed by atoms with Gasteiger partial charge in [0.15, 0.2) is 28.1 Å². The molecule has 2 aromatic heterocycles. The fraction of sp³-hybridized carbons (Fsp3) is 0.471. The van der Waals surface area contributed by atoms with Crippen LogP contribution in [-0.4, -0.2) is 117 Å². The Morgan fingerprint density at radius 3 is 2.42 bits per heavy atom. The number of carboxylic acids is 2. The predicted octanol–water partition coefficient (Wildman–Crippen LogP) is 1.96. The third-order valence-electron chi connectivity index (χ3n) is 11.0. The number of anilines is 1. The van der Waals surface area contributed by atoms with Crippen LogP contribution in [0.1, 0.15) is 45.2 Å². The molecule has 0 saturated carbocycles. The zero-order chi connectivity index (χ0) is 38.0. The van der Waals surface area contributed by atoms with Crippen molar-refractivity contribution in [2.24, 2.45) is 16.5 Å². The Morgan fingerprint density at radius 2 is 1.79 bits per heavy atom. The van der Waals surface area contributed by atoms with Crippen molar-refractivity contribution in [3.63, 3.8) is 0 Å². The van der Waals surface area contributed by atoms with Crippen molar-refractivity contribution in [3.05, 3.63) is 51.0 Å². The summed E-state index contributed by atoms with van der Waals surface area (Å²) in [7, 11) is 0. The average Bonchev–Trinajstić information content (AvgIpc) is 3.55. The molecule has 17 nitrogen and oxygen atoms in total. The number of aromatic nitrogens is 3. The topological polar surface area (TPSA) is 248 Å². The second-order valence-corrected chi connectivity index (χ2v) is 16.8. The van der Waals surface area contributed by atoms with Gasteiger partial charge in [0, 0.05) is 53.2 Å². The van der Waals surface area contributed by atoms with Gasteiger partial charge in [0.25, 0.3) is 5.56 Å². The number of nitrogens with zero attached hydrogens (tertiary/aromatic N) is 6. The van der Waals surface area contributed by atoms with E-state index < -0.39 is 40.5 Å². The Morgan fingerprint density at radius 1 is 1.11 bits per heavy atom. The number of aromatic hydroxyl groups is 2. The first-order valence-corrected chi connectivity index (χ1v) is 18.9. The van der Waals surface area contributed by atoms with Crippen molar-refractivity contribution < 1.29 is 48.9 Å². The molecule has 53 heavy (non-hydrogen) atoms. The largest absolute Gasteiger partial charge is 0.504 e. The minimum absolute atomic E-state index is 0.0497. The number of ketones is 1. The van der Waals surface area contributed by atoms with E-state index in [0.717, 1.165) is 50.2 Å². The van der Waals surface area contributed by atoms with Gasteiger partial charge in [0.2, 0.25) is 11.5 Å². The number of piperidine rings is 3. The van der Waals surface area contributed by atoms with Crippen molar-refractivity contribution >= 4 is 68.3 Å². The quantitative estimate of drug-likeness (QED) is 0.0581. The summed E-state index contributed by atoms with van der Waals surface area (Å²) in [6, 6.07) is 2.56. The average molecular weight is 769 g/mol.